The molecular weight excluding hydrogens is 612 g/mol. The van der Waals surface area contributed by atoms with Gasteiger partial charge >= 0.3 is 5.97 Å². The third-order valence-corrected chi connectivity index (χ3v) is 10.7. The molecule has 9 nitrogen and oxygen atoms in total. The Kier molecular flexibility index (Phi) is 7.06. The minimum absolute atomic E-state index is 0.0438. The number of nitrogens with zero attached hydrogens (tertiary/aromatic N) is 4. The first-order valence-corrected chi connectivity index (χ1v) is 16.8. The molecule has 0 radical (unpaired) electrons. The lowest BCUT2D eigenvalue weighted by Gasteiger charge is -2.16. The molecule has 6 aromatic rings. The van der Waals surface area contributed by atoms with E-state index in [0.29, 0.717) is 23.0 Å². The summed E-state index contributed by atoms with van der Waals surface area (Å²) in [7, 11) is 1.41. The Morgan fingerprint density at radius 3 is 2.53 bits per heavy atom. The number of para-hydroxylation sites is 2. The maximum absolute atomic E-state index is 14.9. The van der Waals surface area contributed by atoms with Crippen molar-refractivity contribution in [2.75, 3.05) is 7.11 Å². The van der Waals surface area contributed by atoms with Crippen molar-refractivity contribution in [2.24, 2.45) is 0 Å². The number of fused-ring (bicyclic) bond motifs is 12. The van der Waals surface area contributed by atoms with E-state index in [-0.39, 0.29) is 29.8 Å². The van der Waals surface area contributed by atoms with E-state index in [4.69, 9.17) is 19.7 Å². The van der Waals surface area contributed by atoms with Gasteiger partial charge in [-0.2, -0.15) is 0 Å². The van der Waals surface area contributed by atoms with Gasteiger partial charge in [0.25, 0.3) is 5.56 Å². The molecule has 2 aliphatic rings. The van der Waals surface area contributed by atoms with Crippen molar-refractivity contribution in [3.8, 4) is 0 Å². The number of esters is 1. The molecule has 1 aromatic carbocycles. The summed E-state index contributed by atoms with van der Waals surface area (Å²) in [5, 5.41) is 1.33. The normalized spacial score (nSPS) is 16.4. The summed E-state index contributed by atoms with van der Waals surface area (Å²) < 4.78 is 6.77. The molecule has 0 saturated heterocycles. The number of carbonyl (C=O) groups excluding carboxylic acids is 1. The first-order valence-electron chi connectivity index (χ1n) is 16.8. The van der Waals surface area contributed by atoms with E-state index in [0.717, 1.165) is 90.0 Å². The first kappa shape index (κ1) is 30.7. The highest BCUT2D eigenvalue weighted by Crippen LogP contribution is 2.43. The second-order valence-corrected chi connectivity index (χ2v) is 13.3. The summed E-state index contributed by atoms with van der Waals surface area (Å²) in [4.78, 5) is 50.1. The summed E-state index contributed by atoms with van der Waals surface area (Å²) >= 11 is 0. The molecule has 0 unspecified atom stereocenters. The predicted molar refractivity (Wildman–Crippen MR) is 197 cm³/mol. The smallest absolute Gasteiger partial charge is 0.305 e. The number of methoxy groups -OCH3 is 1. The molecule has 0 spiro atoms. The predicted octanol–water partition coefficient (Wildman–Crippen LogP) is 8.51. The number of H-pyrrole nitrogens is 2. The molecule has 8 bridgehead atoms. The Balaban J connectivity index is 1.62. The fourth-order valence-corrected chi connectivity index (χ4v) is 7.96. The van der Waals surface area contributed by atoms with Gasteiger partial charge in [0, 0.05) is 51.6 Å². The van der Waals surface area contributed by atoms with Crippen LogP contribution in [-0.2, 0) is 9.53 Å². The number of rotatable bonds is 5. The highest BCUT2D eigenvalue weighted by molar-refractivity contribution is 6.10. The minimum Gasteiger partial charge on any atom is -0.469 e. The van der Waals surface area contributed by atoms with Crippen LogP contribution in [0, 0.1) is 13.8 Å². The molecule has 0 fully saturated rings. The van der Waals surface area contributed by atoms with Gasteiger partial charge in [-0.1, -0.05) is 38.6 Å². The van der Waals surface area contributed by atoms with Crippen LogP contribution >= 0.6 is 0 Å². The second kappa shape index (κ2) is 11.3. The van der Waals surface area contributed by atoms with E-state index >= 15 is 0 Å². The Morgan fingerprint density at radius 2 is 1.78 bits per heavy atom. The van der Waals surface area contributed by atoms with Gasteiger partial charge in [0.2, 0.25) is 0 Å². The Morgan fingerprint density at radius 1 is 0.980 bits per heavy atom. The quantitative estimate of drug-likeness (QED) is 0.181. The van der Waals surface area contributed by atoms with Crippen LogP contribution in [0.2, 0.25) is 0 Å². The number of aromatic amines is 2. The monoisotopic (exact) mass is 650 g/mol. The minimum atomic E-state index is -0.287. The van der Waals surface area contributed by atoms with Crippen LogP contribution in [0.5, 0.6) is 0 Å². The molecule has 0 amide bonds. The van der Waals surface area contributed by atoms with Gasteiger partial charge in [-0.25, -0.2) is 15.0 Å². The van der Waals surface area contributed by atoms with Crippen molar-refractivity contribution in [2.45, 2.75) is 65.7 Å². The van der Waals surface area contributed by atoms with E-state index in [1.54, 1.807) is 4.40 Å². The van der Waals surface area contributed by atoms with Crippen molar-refractivity contribution < 1.29 is 9.53 Å². The number of allylic oxidation sites excluding steroid dienone is 2. The van der Waals surface area contributed by atoms with Gasteiger partial charge in [-0.05, 0) is 86.2 Å². The first-order chi connectivity index (χ1) is 23.6. The summed E-state index contributed by atoms with van der Waals surface area (Å²) in [6, 6.07) is 14.0. The average molecular weight is 651 g/mol. The van der Waals surface area contributed by atoms with Gasteiger partial charge in [0.1, 0.15) is 0 Å². The van der Waals surface area contributed by atoms with Crippen LogP contribution in [0.4, 0.5) is 0 Å². The molecule has 0 aliphatic carbocycles. The van der Waals surface area contributed by atoms with Crippen LogP contribution < -0.4 is 5.56 Å². The van der Waals surface area contributed by atoms with Gasteiger partial charge in [0.15, 0.2) is 5.65 Å². The van der Waals surface area contributed by atoms with Crippen molar-refractivity contribution in [1.82, 2.24) is 29.3 Å². The third kappa shape index (κ3) is 4.48. The Hall–Kier alpha value is -5.57. The summed E-state index contributed by atoms with van der Waals surface area (Å²) in [6.07, 6.45) is 3.40. The molecule has 0 saturated carbocycles. The fraction of sp³-hybridized carbons (Fsp3) is 0.275. The lowest BCUT2D eigenvalue weighted by Crippen LogP contribution is -2.16. The summed E-state index contributed by atoms with van der Waals surface area (Å²) in [5.41, 5.74) is 13.8. The van der Waals surface area contributed by atoms with Crippen LogP contribution in [0.15, 0.2) is 53.8 Å². The van der Waals surface area contributed by atoms with Gasteiger partial charge in [-0.3, -0.25) is 14.0 Å². The highest BCUT2D eigenvalue weighted by atomic mass is 16.5. The Bertz CT molecular complexity index is 2660. The zero-order valence-corrected chi connectivity index (χ0v) is 28.6. The average Bonchev–Trinajstić information content (AvgIpc) is 3.86. The topological polar surface area (TPSA) is 118 Å². The number of hydrogen-bond donors (Lipinski definition) is 2. The van der Waals surface area contributed by atoms with Crippen molar-refractivity contribution in [3.63, 3.8) is 0 Å². The molecule has 8 rings (SSSR count). The molecule has 2 N–H and O–H groups in total. The molecule has 7 heterocycles. The number of benzene rings is 1. The summed E-state index contributed by atoms with van der Waals surface area (Å²) in [6.45, 7) is 14.7. The van der Waals surface area contributed by atoms with Gasteiger partial charge < -0.3 is 14.7 Å². The SMILES string of the molecule is C=Cc1c(C)c2cc3[nH]c(c4c(=O)n5c6ccccc6nc5c5c(C)c(cc6nc(cc1[nH]2)C(C)=C6CC)nc45)[C@@H](CCC(=O)OC)[C@@H]3C. The number of aryl methyl sites for hydroxylation is 2. The van der Waals surface area contributed by atoms with Crippen molar-refractivity contribution >= 4 is 72.7 Å². The van der Waals surface area contributed by atoms with E-state index in [9.17, 15) is 9.59 Å². The van der Waals surface area contributed by atoms with Crippen LogP contribution in [-0.4, -0.2) is 42.4 Å². The molecule has 2 atom stereocenters. The van der Waals surface area contributed by atoms with Crippen molar-refractivity contribution in [3.05, 3.63) is 98.9 Å². The van der Waals surface area contributed by atoms with Gasteiger partial charge in [-0.15, -0.1) is 0 Å². The van der Waals surface area contributed by atoms with Crippen LogP contribution in [0.25, 0.3) is 66.7 Å². The number of aromatic nitrogens is 6. The van der Waals surface area contributed by atoms with E-state index in [1.165, 1.54) is 7.11 Å². The molecule has 49 heavy (non-hydrogen) atoms. The molecule has 9 heteroatoms. The van der Waals surface area contributed by atoms with E-state index < -0.39 is 0 Å². The second-order valence-electron chi connectivity index (χ2n) is 13.3. The van der Waals surface area contributed by atoms with Crippen LogP contribution in [0.1, 0.15) is 91.3 Å². The van der Waals surface area contributed by atoms with E-state index in [1.807, 2.05) is 43.3 Å². The Labute approximate surface area is 282 Å². The standard InChI is InChI=1S/C40H38N6O3/c1-8-23-19(3)27-16-29-21(5)25(14-15-34(47)49-7)37(43-29)36-38-35(39-45-26-12-10-11-13-33(26)46(39)40(36)48)22(6)30(44-38)18-32-24(9-2)20(4)28(42-32)17-31(23)41-27/h8,10-13,16-18,21,25,41,43H,1,9,14-15H2,2-7H3/t21-,25-/m0/s1. The highest BCUT2D eigenvalue weighted by Gasteiger charge is 2.32. The fourth-order valence-electron chi connectivity index (χ4n) is 7.96. The zero-order chi connectivity index (χ0) is 34.3. The number of ether oxygens (including phenoxy) is 1. The van der Waals surface area contributed by atoms with E-state index in [2.05, 4.69) is 56.4 Å². The molecular formula is C40H38N6O3. The largest absolute Gasteiger partial charge is 0.469 e. The summed E-state index contributed by atoms with van der Waals surface area (Å²) in [5.74, 6) is -0.510. The third-order valence-electron chi connectivity index (χ3n) is 10.7. The maximum atomic E-state index is 14.9. The number of carbonyl (C=O) groups is 1. The van der Waals surface area contributed by atoms with Crippen LogP contribution in [0.3, 0.4) is 0 Å². The molecule has 5 aromatic heterocycles. The number of nitrogens with one attached hydrogen (secondary N) is 2. The zero-order valence-electron chi connectivity index (χ0n) is 28.6. The molecule has 246 valence electrons. The van der Waals surface area contributed by atoms with Crippen molar-refractivity contribution in [1.29, 1.82) is 0 Å². The van der Waals surface area contributed by atoms with Gasteiger partial charge in [0.05, 0.1) is 46.0 Å². The lowest BCUT2D eigenvalue weighted by atomic mass is 9.86. The maximum Gasteiger partial charge on any atom is 0.305 e. The number of pyridine rings is 1. The molecule has 2 aliphatic heterocycles. The lowest BCUT2D eigenvalue weighted by molar-refractivity contribution is -0.140. The number of hydrogen-bond acceptors (Lipinski definition) is 6. The number of imidazole rings is 1.